The average Bonchev–Trinajstić information content (AvgIpc) is 3.09. The van der Waals surface area contributed by atoms with E-state index in [0.717, 1.165) is 55.8 Å². The van der Waals surface area contributed by atoms with E-state index in [-0.39, 0.29) is 0 Å². The number of aromatic nitrogens is 4. The van der Waals surface area contributed by atoms with Crippen molar-refractivity contribution in [1.29, 1.82) is 0 Å². The third-order valence-corrected chi connectivity index (χ3v) is 5.55. The van der Waals surface area contributed by atoms with E-state index < -0.39 is 0 Å². The fourth-order valence-corrected chi connectivity index (χ4v) is 3.67. The number of likely N-dealkylation sites (N-methyl/N-ethyl adjacent to an activating group) is 2. The van der Waals surface area contributed by atoms with Gasteiger partial charge in [-0.25, -0.2) is 14.6 Å². The van der Waals surface area contributed by atoms with Crippen LogP contribution in [-0.2, 0) is 13.1 Å². The second kappa shape index (κ2) is 9.65. The van der Waals surface area contributed by atoms with Gasteiger partial charge >= 0.3 is 0 Å². The van der Waals surface area contributed by atoms with Crippen LogP contribution in [-0.4, -0.2) is 102 Å². The van der Waals surface area contributed by atoms with Crippen LogP contribution in [0.15, 0.2) is 18.3 Å². The van der Waals surface area contributed by atoms with Crippen LogP contribution in [0.25, 0.3) is 11.4 Å². The minimum absolute atomic E-state index is 0.615. The number of nitrogens with zero attached hydrogens (tertiary/aromatic N) is 8. The molecule has 0 radical (unpaired) electrons. The molecule has 3 rings (SSSR count). The van der Waals surface area contributed by atoms with Crippen LogP contribution in [0, 0.1) is 0 Å². The van der Waals surface area contributed by atoms with Gasteiger partial charge in [-0.05, 0) is 59.7 Å². The number of piperidine rings is 1. The molecule has 2 aromatic rings. The van der Waals surface area contributed by atoms with E-state index in [1.54, 1.807) is 0 Å². The van der Waals surface area contributed by atoms with E-state index in [0.29, 0.717) is 6.04 Å². The predicted octanol–water partition coefficient (Wildman–Crippen LogP) is 1.49. The molecule has 160 valence electrons. The van der Waals surface area contributed by atoms with Gasteiger partial charge in [-0.2, -0.15) is 5.10 Å². The summed E-state index contributed by atoms with van der Waals surface area (Å²) in [5, 5.41) is 4.83. The van der Waals surface area contributed by atoms with Crippen LogP contribution in [0.5, 0.6) is 0 Å². The minimum Gasteiger partial charge on any atom is -0.363 e. The smallest absolute Gasteiger partial charge is 0.182 e. The maximum atomic E-state index is 4.92. The average molecular weight is 401 g/mol. The first-order valence-electron chi connectivity index (χ1n) is 10.4. The Morgan fingerprint density at radius 1 is 1.10 bits per heavy atom. The van der Waals surface area contributed by atoms with Crippen molar-refractivity contribution in [2.75, 3.05) is 66.8 Å². The van der Waals surface area contributed by atoms with Crippen molar-refractivity contribution in [1.82, 2.24) is 34.4 Å². The molecule has 0 aromatic carbocycles. The van der Waals surface area contributed by atoms with Gasteiger partial charge in [-0.3, -0.25) is 4.90 Å². The Labute approximate surface area is 175 Å². The Hall–Kier alpha value is -2.03. The van der Waals surface area contributed by atoms with E-state index in [2.05, 4.69) is 58.6 Å². The number of rotatable bonds is 8. The Balaban J connectivity index is 1.80. The van der Waals surface area contributed by atoms with Crippen LogP contribution in [0.4, 0.5) is 5.82 Å². The molecule has 1 fully saturated rings. The second-order valence-corrected chi connectivity index (χ2v) is 8.67. The Morgan fingerprint density at radius 3 is 2.52 bits per heavy atom. The molecule has 1 aliphatic heterocycles. The molecule has 1 atom stereocenters. The van der Waals surface area contributed by atoms with Crippen molar-refractivity contribution in [2.45, 2.75) is 32.0 Å². The van der Waals surface area contributed by atoms with Crippen molar-refractivity contribution >= 4 is 5.82 Å². The summed E-state index contributed by atoms with van der Waals surface area (Å²) in [6.45, 7) is 4.83. The standard InChI is InChI=1S/C21H36N8/c1-25(2)12-13-29-20(16-28-11-7-8-18(15-28)26(3)4)23-21(24-29)17-9-10-19(22-14-17)27(5)6/h9-10,14,18H,7-8,11-13,15-16H2,1-6H3. The normalized spacial score (nSPS) is 18.0. The third kappa shape index (κ3) is 5.74. The highest BCUT2D eigenvalue weighted by Crippen LogP contribution is 2.20. The molecule has 0 N–H and O–H groups in total. The van der Waals surface area contributed by atoms with Gasteiger partial charge in [0.05, 0.1) is 13.1 Å². The quantitative estimate of drug-likeness (QED) is 0.665. The Bertz CT molecular complexity index is 765. The van der Waals surface area contributed by atoms with Crippen molar-refractivity contribution in [3.8, 4) is 11.4 Å². The lowest BCUT2D eigenvalue weighted by molar-refractivity contribution is 0.124. The molecule has 29 heavy (non-hydrogen) atoms. The SMILES string of the molecule is CN(C)CCn1nc(-c2ccc(N(C)C)nc2)nc1CN1CCCC(N(C)C)C1. The first kappa shape index (κ1) is 21.7. The topological polar surface area (TPSA) is 56.6 Å². The molecule has 1 unspecified atom stereocenters. The molecule has 1 saturated heterocycles. The highest BCUT2D eigenvalue weighted by Gasteiger charge is 2.23. The first-order valence-corrected chi connectivity index (χ1v) is 10.4. The van der Waals surface area contributed by atoms with Gasteiger partial charge in [-0.15, -0.1) is 0 Å². The summed E-state index contributed by atoms with van der Waals surface area (Å²) < 4.78 is 2.08. The largest absolute Gasteiger partial charge is 0.363 e. The molecule has 0 amide bonds. The zero-order valence-electron chi connectivity index (χ0n) is 18.8. The molecule has 0 spiro atoms. The van der Waals surface area contributed by atoms with E-state index >= 15 is 0 Å². The van der Waals surface area contributed by atoms with Gasteiger partial charge in [-0.1, -0.05) is 0 Å². The summed E-state index contributed by atoms with van der Waals surface area (Å²) in [6, 6.07) is 4.69. The molecule has 0 aliphatic carbocycles. The number of hydrogen-bond acceptors (Lipinski definition) is 7. The maximum Gasteiger partial charge on any atom is 0.182 e. The third-order valence-electron chi connectivity index (χ3n) is 5.55. The van der Waals surface area contributed by atoms with E-state index in [1.165, 1.54) is 12.8 Å². The fraction of sp³-hybridized carbons (Fsp3) is 0.667. The number of pyridine rings is 1. The zero-order chi connectivity index (χ0) is 21.0. The highest BCUT2D eigenvalue weighted by molar-refractivity contribution is 5.55. The first-order chi connectivity index (χ1) is 13.8. The summed E-state index contributed by atoms with van der Waals surface area (Å²) in [6.07, 6.45) is 4.37. The lowest BCUT2D eigenvalue weighted by Crippen LogP contribution is -2.45. The van der Waals surface area contributed by atoms with E-state index in [4.69, 9.17) is 10.1 Å². The number of hydrogen-bond donors (Lipinski definition) is 0. The lowest BCUT2D eigenvalue weighted by atomic mass is 10.1. The van der Waals surface area contributed by atoms with Crippen LogP contribution in [0.1, 0.15) is 18.7 Å². The molecule has 1 aliphatic rings. The number of anilines is 1. The Kier molecular flexibility index (Phi) is 7.21. The molecule has 8 nitrogen and oxygen atoms in total. The summed E-state index contributed by atoms with van der Waals surface area (Å²) >= 11 is 0. The molecule has 2 aromatic heterocycles. The van der Waals surface area contributed by atoms with Crippen LogP contribution < -0.4 is 4.90 Å². The molecular formula is C21H36N8. The van der Waals surface area contributed by atoms with Gasteiger partial charge in [0.25, 0.3) is 0 Å². The van der Waals surface area contributed by atoms with Gasteiger partial charge in [0.2, 0.25) is 0 Å². The number of likely N-dealkylation sites (tertiary alicyclic amines) is 1. The molecule has 0 bridgehead atoms. The lowest BCUT2D eigenvalue weighted by Gasteiger charge is -2.35. The van der Waals surface area contributed by atoms with Crippen molar-refractivity contribution in [3.05, 3.63) is 24.2 Å². The van der Waals surface area contributed by atoms with Crippen LogP contribution in [0.3, 0.4) is 0 Å². The van der Waals surface area contributed by atoms with Crippen molar-refractivity contribution < 1.29 is 0 Å². The maximum absolute atomic E-state index is 4.92. The van der Waals surface area contributed by atoms with E-state index in [1.807, 2.05) is 31.3 Å². The van der Waals surface area contributed by atoms with Gasteiger partial charge in [0, 0.05) is 45.0 Å². The predicted molar refractivity (Wildman–Crippen MR) is 118 cm³/mol. The summed E-state index contributed by atoms with van der Waals surface area (Å²) in [5.74, 6) is 2.74. The molecule has 8 heteroatoms. The van der Waals surface area contributed by atoms with Gasteiger partial charge in [0.15, 0.2) is 5.82 Å². The van der Waals surface area contributed by atoms with Crippen molar-refractivity contribution in [2.24, 2.45) is 0 Å². The summed E-state index contributed by atoms with van der Waals surface area (Å²) in [7, 11) is 12.5. The van der Waals surface area contributed by atoms with E-state index in [9.17, 15) is 0 Å². The monoisotopic (exact) mass is 400 g/mol. The molecule has 0 saturated carbocycles. The van der Waals surface area contributed by atoms with Gasteiger partial charge in [0.1, 0.15) is 11.6 Å². The molecule has 3 heterocycles. The zero-order valence-corrected chi connectivity index (χ0v) is 18.8. The summed E-state index contributed by atoms with van der Waals surface area (Å²) in [4.78, 5) is 18.5. The second-order valence-electron chi connectivity index (χ2n) is 8.67. The summed E-state index contributed by atoms with van der Waals surface area (Å²) in [5.41, 5.74) is 0.963. The van der Waals surface area contributed by atoms with Crippen LogP contribution >= 0.6 is 0 Å². The highest BCUT2D eigenvalue weighted by atomic mass is 15.4. The molecular weight excluding hydrogens is 364 g/mol. The van der Waals surface area contributed by atoms with Gasteiger partial charge < -0.3 is 14.7 Å². The minimum atomic E-state index is 0.615. The van der Waals surface area contributed by atoms with Crippen molar-refractivity contribution in [3.63, 3.8) is 0 Å². The van der Waals surface area contributed by atoms with Crippen LogP contribution in [0.2, 0.25) is 0 Å². The fourth-order valence-electron chi connectivity index (χ4n) is 3.67. The Morgan fingerprint density at radius 2 is 1.90 bits per heavy atom.